The van der Waals surface area contributed by atoms with E-state index in [1.54, 1.807) is 13.8 Å². The summed E-state index contributed by atoms with van der Waals surface area (Å²) in [6.07, 6.45) is -4.83. The fourth-order valence-corrected chi connectivity index (χ4v) is 4.75. The average Bonchev–Trinajstić information content (AvgIpc) is 2.79. The first-order valence-corrected chi connectivity index (χ1v) is 11.9. The van der Waals surface area contributed by atoms with E-state index in [-0.39, 0.29) is 0 Å². The Morgan fingerprint density at radius 3 is 2.79 bits per heavy atom. The molecule has 3 heterocycles. The smallest absolute Gasteiger partial charge is 0.341 e. The molecule has 13 nitrogen and oxygen atoms in total. The van der Waals surface area contributed by atoms with Crippen LogP contribution in [0.15, 0.2) is 21.9 Å². The molecule has 33 heavy (non-hydrogen) atoms. The zero-order valence-electron chi connectivity index (χ0n) is 18.2. The van der Waals surface area contributed by atoms with Crippen LogP contribution >= 0.6 is 7.67 Å². The molecular formula is C18H26FN4O9P. The molecule has 3 N–H and O–H groups in total. The molecular weight excluding hydrogens is 466 g/mol. The first-order chi connectivity index (χ1) is 15.5. The molecule has 2 aliphatic rings. The molecule has 15 heteroatoms. The number of fused-ring (bicyclic) bond motifs is 1. The van der Waals surface area contributed by atoms with Gasteiger partial charge in [-0.1, -0.05) is 6.92 Å². The Morgan fingerprint density at radius 2 is 2.12 bits per heavy atom. The lowest BCUT2D eigenvalue weighted by Crippen LogP contribution is -2.54. The van der Waals surface area contributed by atoms with E-state index in [0.717, 1.165) is 16.8 Å². The Balaban J connectivity index is 1.80. The summed E-state index contributed by atoms with van der Waals surface area (Å²) in [5.41, 5.74) is -1.45. The summed E-state index contributed by atoms with van der Waals surface area (Å²) in [6, 6.07) is 1.08. The topological polar surface area (TPSA) is 167 Å². The number of hydrogen-bond acceptors (Lipinski definition) is 9. The normalized spacial score (nSPS) is 32.8. The molecule has 0 spiro atoms. The van der Waals surface area contributed by atoms with Crippen LogP contribution in [0.2, 0.25) is 0 Å². The van der Waals surface area contributed by atoms with Crippen molar-refractivity contribution in [1.29, 1.82) is 0 Å². The number of nitrogens with zero attached hydrogens (tertiary/aromatic N) is 1. The highest BCUT2D eigenvalue weighted by atomic mass is 31.2. The molecule has 1 aromatic rings. The van der Waals surface area contributed by atoms with Crippen molar-refractivity contribution in [3.8, 4) is 0 Å². The Morgan fingerprint density at radius 1 is 1.39 bits per heavy atom. The first-order valence-electron chi connectivity index (χ1n) is 10.2. The Hall–Kier alpha value is -2.38. The van der Waals surface area contributed by atoms with Crippen molar-refractivity contribution in [1.82, 2.24) is 19.7 Å². The number of aromatic amines is 1. The fourth-order valence-electron chi connectivity index (χ4n) is 3.42. The number of alkyl halides is 1. The number of halogens is 1. The lowest BCUT2D eigenvalue weighted by molar-refractivity contribution is -0.223. The number of ether oxygens (including phenoxy) is 3. The van der Waals surface area contributed by atoms with Crippen molar-refractivity contribution in [3.63, 3.8) is 0 Å². The van der Waals surface area contributed by atoms with E-state index in [4.69, 9.17) is 18.7 Å². The van der Waals surface area contributed by atoms with Gasteiger partial charge >= 0.3 is 25.3 Å². The second-order valence-electron chi connectivity index (χ2n) is 7.90. The Kier molecular flexibility index (Phi) is 7.85. The standard InChI is InChI=1S/C18H26FN4O9P/c1-9(2)30-13(25)6-20-33(28)21-7-14(26)32-16-11(8-29-33)31-17(10(3)15(16)19)23-5-4-12(24)22-18(23)27/h4-5,9-11,15-17H,6-8H2,1-3H3,(H2,20,21,28)(H,22,24,27). The van der Waals surface area contributed by atoms with Gasteiger partial charge in [0.25, 0.3) is 5.56 Å². The second kappa shape index (κ2) is 10.3. The van der Waals surface area contributed by atoms with Crippen molar-refractivity contribution in [2.75, 3.05) is 19.7 Å². The van der Waals surface area contributed by atoms with Gasteiger partial charge in [-0.15, -0.1) is 0 Å². The van der Waals surface area contributed by atoms with E-state index in [9.17, 15) is 23.7 Å². The molecule has 3 rings (SSSR count). The maximum absolute atomic E-state index is 15.3. The van der Waals surface area contributed by atoms with Crippen LogP contribution in [0.5, 0.6) is 0 Å². The van der Waals surface area contributed by atoms with Gasteiger partial charge in [0.1, 0.15) is 31.6 Å². The monoisotopic (exact) mass is 492 g/mol. The molecule has 6 atom stereocenters. The van der Waals surface area contributed by atoms with Crippen molar-refractivity contribution in [2.24, 2.45) is 5.92 Å². The van der Waals surface area contributed by atoms with Gasteiger partial charge in [-0.2, -0.15) is 0 Å². The molecule has 0 radical (unpaired) electrons. The molecule has 2 fully saturated rings. The summed E-state index contributed by atoms with van der Waals surface area (Å²) in [5.74, 6) is -2.57. The molecule has 0 bridgehead atoms. The third-order valence-electron chi connectivity index (χ3n) is 4.99. The molecule has 0 aliphatic carbocycles. The minimum atomic E-state index is -3.97. The molecule has 2 saturated heterocycles. The highest BCUT2D eigenvalue weighted by molar-refractivity contribution is 7.54. The Labute approximate surface area is 187 Å². The quantitative estimate of drug-likeness (QED) is 0.361. The summed E-state index contributed by atoms with van der Waals surface area (Å²) < 4.78 is 50.7. The van der Waals surface area contributed by atoms with Gasteiger partial charge in [-0.3, -0.25) is 28.5 Å². The molecule has 1 aromatic heterocycles. The third-order valence-corrected chi connectivity index (χ3v) is 6.65. The zero-order valence-corrected chi connectivity index (χ0v) is 19.1. The summed E-state index contributed by atoms with van der Waals surface area (Å²) in [5, 5.41) is 4.75. The number of hydrogen-bond donors (Lipinski definition) is 3. The van der Waals surface area contributed by atoms with Gasteiger partial charge in [0.05, 0.1) is 12.7 Å². The van der Waals surface area contributed by atoms with Gasteiger partial charge in [0, 0.05) is 18.2 Å². The van der Waals surface area contributed by atoms with E-state index in [2.05, 4.69) is 15.2 Å². The number of rotatable bonds is 5. The van der Waals surface area contributed by atoms with Crippen LogP contribution in [0.4, 0.5) is 4.39 Å². The highest BCUT2D eigenvalue weighted by Crippen LogP contribution is 2.41. The van der Waals surface area contributed by atoms with E-state index in [1.807, 2.05) is 0 Å². The number of H-pyrrole nitrogens is 1. The van der Waals surface area contributed by atoms with Crippen LogP contribution in [-0.2, 0) is 32.9 Å². The van der Waals surface area contributed by atoms with Crippen molar-refractivity contribution in [3.05, 3.63) is 33.1 Å². The van der Waals surface area contributed by atoms with Crippen LogP contribution in [0.1, 0.15) is 27.0 Å². The maximum Gasteiger partial charge on any atom is 0.341 e. The molecule has 184 valence electrons. The number of esters is 2. The number of nitrogens with one attached hydrogen (secondary N) is 3. The summed E-state index contributed by atoms with van der Waals surface area (Å²) in [4.78, 5) is 49.6. The fraction of sp³-hybridized carbons (Fsp3) is 0.667. The molecule has 0 saturated carbocycles. The van der Waals surface area contributed by atoms with Crippen molar-refractivity contribution < 1.29 is 37.3 Å². The SMILES string of the molecule is CC(C)OC(=O)CNP1(=O)NCC(=O)OC2C(CO1)OC(n1ccc(=O)[nH]c1=O)C(C)C2F. The number of aromatic nitrogens is 2. The molecule has 0 amide bonds. The summed E-state index contributed by atoms with van der Waals surface area (Å²) in [6.45, 7) is 3.17. The van der Waals surface area contributed by atoms with Gasteiger partial charge in [-0.25, -0.2) is 19.4 Å². The molecule has 2 aliphatic heterocycles. The van der Waals surface area contributed by atoms with Gasteiger partial charge in [-0.05, 0) is 13.8 Å². The first kappa shape index (κ1) is 25.2. The lowest BCUT2D eigenvalue weighted by Gasteiger charge is -2.42. The van der Waals surface area contributed by atoms with Crippen LogP contribution in [-0.4, -0.2) is 65.7 Å². The number of carbonyl (C=O) groups excluding carboxylic acids is 2. The second-order valence-corrected chi connectivity index (χ2v) is 9.89. The minimum Gasteiger partial charge on any atom is -0.462 e. The van der Waals surface area contributed by atoms with Crippen LogP contribution < -0.4 is 21.4 Å². The van der Waals surface area contributed by atoms with E-state index < -0.39 is 87.2 Å². The van der Waals surface area contributed by atoms with Gasteiger partial charge < -0.3 is 18.7 Å². The van der Waals surface area contributed by atoms with Crippen LogP contribution in [0.25, 0.3) is 0 Å². The van der Waals surface area contributed by atoms with E-state index in [1.165, 1.54) is 6.92 Å². The van der Waals surface area contributed by atoms with Gasteiger partial charge in [0.15, 0.2) is 6.10 Å². The largest absolute Gasteiger partial charge is 0.462 e. The van der Waals surface area contributed by atoms with Crippen LogP contribution in [0.3, 0.4) is 0 Å². The average molecular weight is 492 g/mol. The van der Waals surface area contributed by atoms with Crippen molar-refractivity contribution in [2.45, 2.75) is 51.5 Å². The van der Waals surface area contributed by atoms with Crippen molar-refractivity contribution >= 4 is 19.6 Å². The minimum absolute atomic E-state index is 0.391. The zero-order chi connectivity index (χ0) is 24.3. The predicted molar refractivity (Wildman–Crippen MR) is 110 cm³/mol. The summed E-state index contributed by atoms with van der Waals surface area (Å²) >= 11 is 0. The number of carbonyl (C=O) groups is 2. The lowest BCUT2D eigenvalue weighted by atomic mass is 9.92. The third kappa shape index (κ3) is 6.15. The van der Waals surface area contributed by atoms with Gasteiger partial charge in [0.2, 0.25) is 0 Å². The summed E-state index contributed by atoms with van der Waals surface area (Å²) in [7, 11) is -3.97. The molecule has 0 aromatic carbocycles. The molecule has 6 unspecified atom stereocenters. The van der Waals surface area contributed by atoms with Crippen LogP contribution in [0, 0.1) is 5.92 Å². The van der Waals surface area contributed by atoms with E-state index >= 15 is 4.39 Å². The van der Waals surface area contributed by atoms with E-state index in [0.29, 0.717) is 0 Å². The Bertz CT molecular complexity index is 1040. The highest BCUT2D eigenvalue weighted by Gasteiger charge is 2.49. The maximum atomic E-state index is 15.3. The predicted octanol–water partition coefficient (Wildman–Crippen LogP) is -0.411.